The van der Waals surface area contributed by atoms with E-state index in [-0.39, 0.29) is 5.92 Å². The third-order valence-electron chi connectivity index (χ3n) is 25.8. The summed E-state index contributed by atoms with van der Waals surface area (Å²) in [5.74, 6) is -1.85. The largest absolute Gasteiger partial charge is 0.365 e. The minimum atomic E-state index is -1.49. The zero-order chi connectivity index (χ0) is 42.4. The van der Waals surface area contributed by atoms with Crippen molar-refractivity contribution in [2.45, 2.75) is 29.6 Å². The summed E-state index contributed by atoms with van der Waals surface area (Å²) < 4.78 is 8.46. The van der Waals surface area contributed by atoms with Gasteiger partial charge in [-0.05, 0) is 314 Å². The molecule has 1 saturated heterocycles. The smallest absolute Gasteiger partial charge is 0.172 e. The van der Waals surface area contributed by atoms with Crippen molar-refractivity contribution in [1.29, 1.82) is 0 Å². The van der Waals surface area contributed by atoms with E-state index in [0.717, 1.165) is 0 Å². The Kier molecular flexibility index (Phi) is 2.21. The Labute approximate surface area is 386 Å². The maximum Gasteiger partial charge on any atom is 0.172 e. The molecule has 1 aliphatic heterocycles. The summed E-state index contributed by atoms with van der Waals surface area (Å²) in [5.41, 5.74) is 5.47. The number of rotatable bonds is 1. The Bertz CT molecular complexity index is 7230. The third-order valence-corrected chi connectivity index (χ3v) is 25.8. The molecular formula is C69H10O2. The van der Waals surface area contributed by atoms with Crippen LogP contribution in [0.5, 0.6) is 0 Å². The van der Waals surface area contributed by atoms with Crippen LogP contribution in [0.3, 0.4) is 0 Å². The third kappa shape index (κ3) is 1.41. The average Bonchev–Trinajstić information content (AvgIpc) is 4.40. The predicted molar refractivity (Wildman–Crippen MR) is 295 cm³/mol. The van der Waals surface area contributed by atoms with Crippen molar-refractivity contribution >= 4 is 291 Å². The molecule has 34 rings (SSSR count). The van der Waals surface area contributed by atoms with E-state index < -0.39 is 16.8 Å². The van der Waals surface area contributed by atoms with Crippen LogP contribution in [0.1, 0.15) is 40.7 Å². The molecule has 29 aromatic carbocycles. The Morgan fingerprint density at radius 3 is 0.662 bits per heavy atom. The lowest BCUT2D eigenvalue weighted by Crippen LogP contribution is -2.51. The van der Waals surface area contributed by atoms with Gasteiger partial charge in [-0.2, -0.15) is 0 Å². The van der Waals surface area contributed by atoms with Crippen molar-refractivity contribution in [3.63, 3.8) is 0 Å². The van der Waals surface area contributed by atoms with Gasteiger partial charge in [-0.1, -0.05) is 30.3 Å². The van der Waals surface area contributed by atoms with Crippen molar-refractivity contribution in [1.82, 2.24) is 0 Å². The first-order chi connectivity index (χ1) is 35.2. The first-order valence-electron chi connectivity index (χ1n) is 26.4. The van der Waals surface area contributed by atoms with Gasteiger partial charge in [-0.25, -0.2) is 0 Å². The summed E-state index contributed by atoms with van der Waals surface area (Å²) in [6.45, 7) is 2.09. The molecule has 29 aromatic rings. The minimum Gasteiger partial charge on any atom is -0.365 e. The highest BCUT2D eigenvalue weighted by atomic mass is 16.6. The Balaban J connectivity index is 1.19. The van der Waals surface area contributed by atoms with E-state index in [1.165, 1.54) is 92.5 Å². The lowest BCUT2D eigenvalue weighted by molar-refractivity contribution is -0.209. The van der Waals surface area contributed by atoms with Gasteiger partial charge in [-0.3, -0.25) is 0 Å². The van der Waals surface area contributed by atoms with Gasteiger partial charge in [0.15, 0.2) is 5.79 Å². The van der Waals surface area contributed by atoms with Crippen molar-refractivity contribution in [3.05, 3.63) is 58.1 Å². The van der Waals surface area contributed by atoms with Crippen LogP contribution in [0.25, 0.3) is 291 Å². The van der Waals surface area contributed by atoms with Crippen LogP contribution in [-0.2, 0) is 15.8 Å². The number of hydrogen-bond acceptors (Lipinski definition) is 2. The van der Waals surface area contributed by atoms with Gasteiger partial charge >= 0.3 is 0 Å². The van der Waals surface area contributed by atoms with Gasteiger partial charge in [0.1, 0.15) is 5.60 Å². The van der Waals surface area contributed by atoms with Crippen LogP contribution in [0.4, 0.5) is 0 Å². The monoisotopic (exact) mass is 870 g/mol. The van der Waals surface area contributed by atoms with Crippen LogP contribution in [0, 0.1) is 0 Å². The van der Waals surface area contributed by atoms with E-state index in [1.807, 2.05) is 0 Å². The topological polar surface area (TPSA) is 29.5 Å². The van der Waals surface area contributed by atoms with Crippen LogP contribution >= 0.6 is 0 Å². The van der Waals surface area contributed by atoms with Gasteiger partial charge < -0.3 is 9.84 Å². The first kappa shape index (κ1) is 26.5. The molecule has 5 aliphatic rings. The van der Waals surface area contributed by atoms with Crippen LogP contribution in [0.2, 0.25) is 0 Å². The van der Waals surface area contributed by atoms with Crippen LogP contribution in [-0.4, -0.2) is 10.9 Å². The van der Waals surface area contributed by atoms with Crippen molar-refractivity contribution in [2.75, 3.05) is 0 Å². The molecule has 1 fully saturated rings. The van der Waals surface area contributed by atoms with E-state index >= 15 is 0 Å². The molecule has 298 valence electrons. The first-order valence-corrected chi connectivity index (χ1v) is 26.4. The Hall–Kier alpha value is -8.40. The standard InChI is InChI=1S/C69H10O2/c1-67(70)66(7-5-3-2-4-6-7)68-62-54-46-36-26-18-10-8-9-12-16-14(10)22-30-24(16)34-28-20(12)21-13(9)17-15-11(8)19(18)27-33-23(15)31-25(17)35-29(21)39-38(28)50-44(34)52-42(30)48(40(46)32(22)26)56(62)58(52)64-60(50)61-51(39)45(35)53-43(31)49-41(33)47(37(27)36)55(54)63(68)57(49)59(53)65(61)69(64,68)71-67/h2-6,66,70H,1H3/t66-,67-,68?,69?/m0/s1. The molecule has 0 amide bonds. The van der Waals surface area contributed by atoms with E-state index in [0.29, 0.717) is 0 Å². The fourth-order valence-corrected chi connectivity index (χ4v) is 25.9. The number of hydrogen-bond donors (Lipinski definition) is 1. The molecule has 71 heavy (non-hydrogen) atoms. The van der Waals surface area contributed by atoms with Crippen molar-refractivity contribution < 1.29 is 9.84 Å². The van der Waals surface area contributed by atoms with E-state index in [2.05, 4.69) is 37.3 Å². The molecule has 0 unspecified atom stereocenters. The fourth-order valence-electron chi connectivity index (χ4n) is 25.9. The lowest BCUT2D eigenvalue weighted by Gasteiger charge is -2.50. The molecule has 0 bridgehead atoms. The van der Waals surface area contributed by atoms with E-state index in [4.69, 9.17) is 4.74 Å². The Morgan fingerprint density at radius 1 is 0.268 bits per heavy atom. The van der Waals surface area contributed by atoms with Gasteiger partial charge in [0.05, 0.1) is 11.3 Å². The normalized spacial score (nSPS) is 25.6. The fraction of sp³-hybridized carbons (Fsp3) is 0.0725. The van der Waals surface area contributed by atoms with Crippen molar-refractivity contribution in [3.8, 4) is 0 Å². The summed E-state index contributed by atoms with van der Waals surface area (Å²) in [6.07, 6.45) is 0. The van der Waals surface area contributed by atoms with E-state index in [1.54, 1.807) is 226 Å². The SMILES string of the molecule is C[C@]1(O)OC23c4c5c6c7c8c9c(c%10c%11c2c2c4c4c%12c5c5c6c6c8c8c%13c9c9c%10c%10c%11c%11c2c2c4c4c%12c%12c5c5c6c8c6c8c%13c9c9c%10c%10c%11c2c2c4c4c%12c5c6c5c8c9c%10c2c45)C73[C@H]1c1ccccc1. The summed E-state index contributed by atoms with van der Waals surface area (Å²) in [4.78, 5) is 0. The molecular weight excluding hydrogens is 861 g/mol. The summed E-state index contributed by atoms with van der Waals surface area (Å²) in [6, 6.07) is 11.4. The molecule has 1 N–H and O–H groups in total. The molecule has 2 nitrogen and oxygen atoms in total. The number of aliphatic hydroxyl groups is 1. The molecule has 4 aliphatic carbocycles. The molecule has 2 spiro atoms. The van der Waals surface area contributed by atoms with Gasteiger partial charge in [0.25, 0.3) is 0 Å². The minimum absolute atomic E-state index is 0.355. The maximum atomic E-state index is 14.2. The van der Waals surface area contributed by atoms with Gasteiger partial charge in [-0.15, -0.1) is 0 Å². The molecule has 0 aromatic heterocycles. The molecule has 2 heteroatoms. The van der Waals surface area contributed by atoms with Gasteiger partial charge in [0, 0.05) is 11.1 Å². The molecule has 1 heterocycles. The average molecular weight is 871 g/mol. The molecule has 0 saturated carbocycles. The van der Waals surface area contributed by atoms with Gasteiger partial charge in [0.2, 0.25) is 0 Å². The second-order valence-electron chi connectivity index (χ2n) is 26.2. The summed E-state index contributed by atoms with van der Waals surface area (Å²) >= 11 is 0. The maximum absolute atomic E-state index is 14.2. The zero-order valence-corrected chi connectivity index (χ0v) is 36.3. The quantitative estimate of drug-likeness (QED) is 0.167. The highest BCUT2D eigenvalue weighted by molar-refractivity contribution is 6.82. The second-order valence-corrected chi connectivity index (χ2v) is 26.2. The number of ether oxygens (including phenoxy) is 1. The summed E-state index contributed by atoms with van der Waals surface area (Å²) in [5, 5.41) is 99.4. The van der Waals surface area contributed by atoms with Crippen LogP contribution in [0.15, 0.2) is 30.3 Å². The summed E-state index contributed by atoms with van der Waals surface area (Å²) in [7, 11) is 0. The zero-order valence-electron chi connectivity index (χ0n) is 36.3. The second kappa shape index (κ2) is 5.91. The Morgan fingerprint density at radius 2 is 0.451 bits per heavy atom. The molecule has 0 radical (unpaired) electrons. The number of benzene rings is 19. The van der Waals surface area contributed by atoms with Crippen molar-refractivity contribution in [2.24, 2.45) is 0 Å². The lowest BCUT2D eigenvalue weighted by atomic mass is 9.50. The highest BCUT2D eigenvalue weighted by Crippen LogP contribution is 2.88. The highest BCUT2D eigenvalue weighted by Gasteiger charge is 2.80. The molecule has 2 atom stereocenters. The van der Waals surface area contributed by atoms with Crippen LogP contribution < -0.4 is 0 Å². The predicted octanol–water partition coefficient (Wildman–Crippen LogP) is 17.8. The van der Waals surface area contributed by atoms with E-state index in [9.17, 15) is 5.11 Å².